The molecule has 10 heteroatoms. The van der Waals surface area contributed by atoms with Crippen molar-refractivity contribution >= 4 is 43.4 Å². The van der Waals surface area contributed by atoms with Gasteiger partial charge in [0, 0.05) is 4.47 Å². The largest absolute Gasteiger partial charge is 0.411 e. The molecule has 7 nitrogen and oxygen atoms in total. The van der Waals surface area contributed by atoms with Crippen LogP contribution >= 0.6 is 27.7 Å². The van der Waals surface area contributed by atoms with E-state index in [1.54, 1.807) is 6.92 Å². The Morgan fingerprint density at radius 1 is 1.40 bits per heavy atom. The number of nitrogens with zero attached hydrogens (tertiary/aromatic N) is 2. The van der Waals surface area contributed by atoms with Gasteiger partial charge in [-0.15, -0.1) is 10.2 Å². The van der Waals surface area contributed by atoms with Crippen LogP contribution in [0.25, 0.3) is 11.5 Å². The van der Waals surface area contributed by atoms with Gasteiger partial charge in [-0.05, 0) is 41.4 Å². The number of rotatable bonds is 5. The molecule has 1 amide bonds. The van der Waals surface area contributed by atoms with Gasteiger partial charge >= 0.3 is 0 Å². The minimum absolute atomic E-state index is 0.0247. The fourth-order valence-corrected chi connectivity index (χ4v) is 5.73. The predicted molar refractivity (Wildman–Crippen MR) is 98.0 cm³/mol. The molecular weight excluding hydrogens is 430 g/mol. The molecular formula is C15H16BrN3O4S2. The van der Waals surface area contributed by atoms with Crippen molar-refractivity contribution in [3.05, 3.63) is 28.7 Å². The summed E-state index contributed by atoms with van der Waals surface area (Å²) in [6.45, 7) is 1.75. The number of benzene rings is 1. The second-order valence-corrected chi connectivity index (χ2v) is 10.1. The Balaban J connectivity index is 1.58. The zero-order chi connectivity index (χ0) is 18.1. The first-order valence-electron chi connectivity index (χ1n) is 7.49. The topological polar surface area (TPSA) is 102 Å². The standard InChI is InChI=1S/C15H16BrN3O4S2/c1-15(6-7-25(21,22)9-15)17-12(20)8-24-14-19-18-13(23-14)10-4-2-3-5-11(10)16/h2-5H,6-9H2,1H3,(H,17,20)/t15-/m1/s1. The first-order chi connectivity index (χ1) is 11.8. The van der Waals surface area contributed by atoms with E-state index >= 15 is 0 Å². The number of carbonyl (C=O) groups is 1. The van der Waals surface area contributed by atoms with E-state index in [9.17, 15) is 13.2 Å². The van der Waals surface area contributed by atoms with Crippen LogP contribution in [-0.2, 0) is 14.6 Å². The number of thioether (sulfide) groups is 1. The maximum atomic E-state index is 12.1. The zero-order valence-electron chi connectivity index (χ0n) is 13.4. The first kappa shape index (κ1) is 18.4. The van der Waals surface area contributed by atoms with Crippen molar-refractivity contribution in [3.63, 3.8) is 0 Å². The quantitative estimate of drug-likeness (QED) is 0.703. The second kappa shape index (κ2) is 7.08. The van der Waals surface area contributed by atoms with Crippen LogP contribution in [0.2, 0.25) is 0 Å². The van der Waals surface area contributed by atoms with E-state index in [-0.39, 0.29) is 28.4 Å². The minimum atomic E-state index is -3.06. The van der Waals surface area contributed by atoms with Gasteiger partial charge in [0.15, 0.2) is 9.84 Å². The molecule has 2 aromatic rings. The average molecular weight is 446 g/mol. The second-order valence-electron chi connectivity index (χ2n) is 6.09. The Labute approximate surface area is 158 Å². The van der Waals surface area contributed by atoms with Crippen LogP contribution in [-0.4, -0.2) is 47.3 Å². The molecule has 0 radical (unpaired) electrons. The summed E-state index contributed by atoms with van der Waals surface area (Å²) in [5.74, 6) is 0.265. The SMILES string of the molecule is C[C@@]1(NC(=O)CSc2nnc(-c3ccccc3Br)o2)CCS(=O)(=O)C1. The molecule has 3 rings (SSSR count). The third-order valence-electron chi connectivity index (χ3n) is 3.78. The Morgan fingerprint density at radius 2 is 2.16 bits per heavy atom. The van der Waals surface area contributed by atoms with Gasteiger partial charge in [0.05, 0.1) is 28.4 Å². The molecule has 0 saturated carbocycles. The Morgan fingerprint density at radius 3 is 2.84 bits per heavy atom. The molecule has 0 spiro atoms. The molecule has 1 N–H and O–H groups in total. The summed E-state index contributed by atoms with van der Waals surface area (Å²) >= 11 is 4.54. The summed E-state index contributed by atoms with van der Waals surface area (Å²) in [6.07, 6.45) is 0.429. The lowest BCUT2D eigenvalue weighted by Crippen LogP contribution is -2.47. The summed E-state index contributed by atoms with van der Waals surface area (Å²) in [7, 11) is -3.06. The van der Waals surface area contributed by atoms with E-state index in [0.717, 1.165) is 21.8 Å². The van der Waals surface area contributed by atoms with Gasteiger partial charge in [-0.2, -0.15) is 0 Å². The summed E-state index contributed by atoms with van der Waals surface area (Å²) < 4.78 is 29.6. The van der Waals surface area contributed by atoms with Crippen molar-refractivity contribution in [2.24, 2.45) is 0 Å². The number of aromatic nitrogens is 2. The number of hydrogen-bond acceptors (Lipinski definition) is 7. The monoisotopic (exact) mass is 445 g/mol. The van der Waals surface area contributed by atoms with Gasteiger partial charge < -0.3 is 9.73 Å². The van der Waals surface area contributed by atoms with E-state index in [1.165, 1.54) is 0 Å². The van der Waals surface area contributed by atoms with Crippen LogP contribution in [0.1, 0.15) is 13.3 Å². The van der Waals surface area contributed by atoms with E-state index in [1.807, 2.05) is 24.3 Å². The molecule has 0 unspecified atom stereocenters. The van der Waals surface area contributed by atoms with E-state index < -0.39 is 15.4 Å². The maximum absolute atomic E-state index is 12.1. The fourth-order valence-electron chi connectivity index (χ4n) is 2.62. The Kier molecular flexibility index (Phi) is 5.21. The van der Waals surface area contributed by atoms with Crippen molar-refractivity contribution in [3.8, 4) is 11.5 Å². The summed E-state index contributed by atoms with van der Waals surface area (Å²) in [5.41, 5.74) is 0.0701. The normalized spacial score (nSPS) is 22.0. The molecule has 134 valence electrons. The molecule has 1 fully saturated rings. The van der Waals surface area contributed by atoms with Gasteiger partial charge in [0.1, 0.15) is 0 Å². The molecule has 0 aliphatic carbocycles. The molecule has 1 saturated heterocycles. The van der Waals surface area contributed by atoms with Crippen molar-refractivity contribution in [1.29, 1.82) is 0 Å². The Bertz CT molecular complexity index is 900. The van der Waals surface area contributed by atoms with Gasteiger partial charge in [-0.25, -0.2) is 8.42 Å². The van der Waals surface area contributed by atoms with Crippen molar-refractivity contribution in [2.75, 3.05) is 17.3 Å². The number of hydrogen-bond donors (Lipinski definition) is 1. The van der Waals surface area contributed by atoms with Crippen LogP contribution in [0.15, 0.2) is 38.4 Å². The highest BCUT2D eigenvalue weighted by molar-refractivity contribution is 9.10. The third-order valence-corrected chi connectivity index (χ3v) is 7.20. The molecule has 1 aromatic carbocycles. The number of sulfone groups is 1. The van der Waals surface area contributed by atoms with Gasteiger partial charge in [0.25, 0.3) is 5.22 Å². The predicted octanol–water partition coefficient (Wildman–Crippen LogP) is 2.28. The fraction of sp³-hybridized carbons (Fsp3) is 0.400. The van der Waals surface area contributed by atoms with E-state index in [4.69, 9.17) is 4.42 Å². The number of halogens is 1. The van der Waals surface area contributed by atoms with Crippen LogP contribution in [0.4, 0.5) is 0 Å². The van der Waals surface area contributed by atoms with Crippen LogP contribution in [0, 0.1) is 0 Å². The lowest BCUT2D eigenvalue weighted by atomic mass is 10.0. The van der Waals surface area contributed by atoms with Crippen molar-refractivity contribution in [1.82, 2.24) is 15.5 Å². The minimum Gasteiger partial charge on any atom is -0.411 e. The van der Waals surface area contributed by atoms with E-state index in [2.05, 4.69) is 31.4 Å². The van der Waals surface area contributed by atoms with Crippen LogP contribution in [0.5, 0.6) is 0 Å². The summed E-state index contributed by atoms with van der Waals surface area (Å²) in [4.78, 5) is 12.1. The van der Waals surface area contributed by atoms with Gasteiger partial charge in [0.2, 0.25) is 11.8 Å². The Hall–Kier alpha value is -1.39. The zero-order valence-corrected chi connectivity index (χ0v) is 16.6. The maximum Gasteiger partial charge on any atom is 0.277 e. The average Bonchev–Trinajstić information content (AvgIpc) is 3.10. The highest BCUT2D eigenvalue weighted by Gasteiger charge is 2.39. The van der Waals surface area contributed by atoms with Gasteiger partial charge in [-0.1, -0.05) is 23.9 Å². The van der Waals surface area contributed by atoms with Crippen LogP contribution in [0.3, 0.4) is 0 Å². The molecule has 1 aliphatic rings. The molecule has 2 heterocycles. The van der Waals surface area contributed by atoms with Crippen LogP contribution < -0.4 is 5.32 Å². The third kappa shape index (κ3) is 4.62. The number of amides is 1. The molecule has 1 aromatic heterocycles. The lowest BCUT2D eigenvalue weighted by Gasteiger charge is -2.23. The van der Waals surface area contributed by atoms with Gasteiger partial charge in [-0.3, -0.25) is 4.79 Å². The molecule has 25 heavy (non-hydrogen) atoms. The number of nitrogens with one attached hydrogen (secondary N) is 1. The number of carbonyl (C=O) groups excluding carboxylic acids is 1. The highest BCUT2D eigenvalue weighted by Crippen LogP contribution is 2.29. The smallest absolute Gasteiger partial charge is 0.277 e. The van der Waals surface area contributed by atoms with E-state index in [0.29, 0.717) is 12.3 Å². The highest BCUT2D eigenvalue weighted by atomic mass is 79.9. The van der Waals surface area contributed by atoms with Crippen molar-refractivity contribution < 1.29 is 17.6 Å². The molecule has 0 bridgehead atoms. The lowest BCUT2D eigenvalue weighted by molar-refractivity contribution is -0.120. The summed E-state index contributed by atoms with van der Waals surface area (Å²) in [6, 6.07) is 7.46. The molecule has 1 atom stereocenters. The molecule has 1 aliphatic heterocycles. The first-order valence-corrected chi connectivity index (χ1v) is 11.1. The van der Waals surface area contributed by atoms with Crippen molar-refractivity contribution in [2.45, 2.75) is 24.1 Å². The summed E-state index contributed by atoms with van der Waals surface area (Å²) in [5, 5.41) is 11.0.